The van der Waals surface area contributed by atoms with Crippen LogP contribution in [0, 0.1) is 0 Å². The Morgan fingerprint density at radius 3 is 1.92 bits per heavy atom. The van der Waals surface area contributed by atoms with Crippen LogP contribution in [0.3, 0.4) is 0 Å². The highest BCUT2D eigenvalue weighted by atomic mass is 19.4. The lowest BCUT2D eigenvalue weighted by molar-refractivity contribution is -0.138. The molecule has 0 spiro atoms. The zero-order valence-electron chi connectivity index (χ0n) is 19.3. The Hall–Kier alpha value is -4.14. The van der Waals surface area contributed by atoms with E-state index in [-0.39, 0.29) is 32.6 Å². The Kier molecular flexibility index (Phi) is 7.38. The van der Waals surface area contributed by atoms with Gasteiger partial charge in [-0.25, -0.2) is 0 Å². The highest BCUT2D eigenvalue weighted by molar-refractivity contribution is 6.03. The standard InChI is InChI=1S/C27H24F3N3O3/c28-27(29,30)23-9-5-4-8-22(23)26(36)33-16-14-32(15-17-33)25(35)18-24(34)31-21-12-10-20(11-13-21)19-6-2-1-3-7-19/h1-13H,14-18H2,(H,31,34). The molecule has 3 aromatic carbocycles. The number of hydrogen-bond donors (Lipinski definition) is 1. The zero-order chi connectivity index (χ0) is 25.7. The van der Waals surface area contributed by atoms with Crippen molar-refractivity contribution < 1.29 is 27.6 Å². The number of carbonyl (C=O) groups is 3. The number of hydrogen-bond acceptors (Lipinski definition) is 3. The van der Waals surface area contributed by atoms with E-state index in [9.17, 15) is 27.6 Å². The molecule has 3 aromatic rings. The van der Waals surface area contributed by atoms with Crippen LogP contribution >= 0.6 is 0 Å². The van der Waals surface area contributed by atoms with E-state index in [1.165, 1.54) is 21.9 Å². The number of piperazine rings is 1. The van der Waals surface area contributed by atoms with Crippen LogP contribution in [0.25, 0.3) is 11.1 Å². The molecule has 0 radical (unpaired) electrons. The summed E-state index contributed by atoms with van der Waals surface area (Å²) in [4.78, 5) is 40.4. The maximum absolute atomic E-state index is 13.3. The van der Waals surface area contributed by atoms with Crippen molar-refractivity contribution in [2.45, 2.75) is 12.6 Å². The number of rotatable bonds is 5. The Balaban J connectivity index is 1.28. The molecular weight excluding hydrogens is 471 g/mol. The Morgan fingerprint density at radius 2 is 1.28 bits per heavy atom. The number of nitrogens with zero attached hydrogens (tertiary/aromatic N) is 2. The summed E-state index contributed by atoms with van der Waals surface area (Å²) in [6.07, 6.45) is -5.01. The lowest BCUT2D eigenvalue weighted by Gasteiger charge is -2.35. The minimum absolute atomic E-state index is 0.0827. The minimum atomic E-state index is -4.64. The predicted octanol–water partition coefficient (Wildman–Crippen LogP) is 4.69. The van der Waals surface area contributed by atoms with Crippen molar-refractivity contribution in [3.63, 3.8) is 0 Å². The molecule has 1 aliphatic rings. The normalized spacial score (nSPS) is 13.9. The van der Waals surface area contributed by atoms with Gasteiger partial charge in [0, 0.05) is 31.9 Å². The summed E-state index contributed by atoms with van der Waals surface area (Å²) < 4.78 is 39.8. The van der Waals surface area contributed by atoms with E-state index >= 15 is 0 Å². The van der Waals surface area contributed by atoms with Crippen molar-refractivity contribution in [3.05, 3.63) is 90.0 Å². The number of alkyl halides is 3. The van der Waals surface area contributed by atoms with E-state index in [0.717, 1.165) is 23.3 Å². The molecule has 0 atom stereocenters. The highest BCUT2D eigenvalue weighted by Crippen LogP contribution is 2.32. The average molecular weight is 496 g/mol. The van der Waals surface area contributed by atoms with Crippen LogP contribution in [0.1, 0.15) is 22.3 Å². The van der Waals surface area contributed by atoms with Crippen molar-refractivity contribution in [1.82, 2.24) is 9.80 Å². The molecule has 0 saturated carbocycles. The number of benzene rings is 3. The summed E-state index contributed by atoms with van der Waals surface area (Å²) in [5.41, 5.74) is 1.20. The Labute approximate surface area is 206 Å². The van der Waals surface area contributed by atoms with Crippen molar-refractivity contribution in [1.29, 1.82) is 0 Å². The molecule has 1 saturated heterocycles. The first-order chi connectivity index (χ1) is 17.2. The molecule has 186 valence electrons. The summed E-state index contributed by atoms with van der Waals surface area (Å²) >= 11 is 0. The van der Waals surface area contributed by atoms with Crippen molar-refractivity contribution in [3.8, 4) is 11.1 Å². The topological polar surface area (TPSA) is 69.7 Å². The molecule has 6 nitrogen and oxygen atoms in total. The van der Waals surface area contributed by atoms with Crippen molar-refractivity contribution >= 4 is 23.4 Å². The van der Waals surface area contributed by atoms with Gasteiger partial charge in [-0.1, -0.05) is 54.6 Å². The second-order valence-corrected chi connectivity index (χ2v) is 8.38. The number of amides is 3. The van der Waals surface area contributed by atoms with Gasteiger partial charge in [0.2, 0.25) is 11.8 Å². The first-order valence-corrected chi connectivity index (χ1v) is 11.4. The van der Waals surface area contributed by atoms with Crippen LogP contribution in [0.2, 0.25) is 0 Å². The summed E-state index contributed by atoms with van der Waals surface area (Å²) in [6.45, 7) is 0.439. The molecule has 0 bridgehead atoms. The Morgan fingerprint density at radius 1 is 0.722 bits per heavy atom. The second kappa shape index (κ2) is 10.6. The van der Waals surface area contributed by atoms with E-state index in [1.807, 2.05) is 42.5 Å². The van der Waals surface area contributed by atoms with Crippen molar-refractivity contribution in [2.75, 3.05) is 31.5 Å². The van der Waals surface area contributed by atoms with Crippen LogP contribution in [-0.2, 0) is 15.8 Å². The fourth-order valence-electron chi connectivity index (χ4n) is 4.08. The van der Waals surface area contributed by atoms with E-state index in [4.69, 9.17) is 0 Å². The van der Waals surface area contributed by atoms with Crippen LogP contribution in [-0.4, -0.2) is 53.7 Å². The number of nitrogens with one attached hydrogen (secondary N) is 1. The number of carbonyl (C=O) groups excluding carboxylic acids is 3. The lowest BCUT2D eigenvalue weighted by Crippen LogP contribution is -2.51. The molecule has 1 aliphatic heterocycles. The molecule has 0 aromatic heterocycles. The minimum Gasteiger partial charge on any atom is -0.339 e. The van der Waals surface area contributed by atoms with E-state index < -0.39 is 35.0 Å². The molecule has 1 N–H and O–H groups in total. The van der Waals surface area contributed by atoms with Crippen molar-refractivity contribution in [2.24, 2.45) is 0 Å². The summed E-state index contributed by atoms with van der Waals surface area (Å²) in [6, 6.07) is 21.7. The monoisotopic (exact) mass is 495 g/mol. The van der Waals surface area contributed by atoms with Crippen LogP contribution in [0.15, 0.2) is 78.9 Å². The van der Waals surface area contributed by atoms with Gasteiger partial charge < -0.3 is 15.1 Å². The summed E-state index contributed by atoms with van der Waals surface area (Å²) in [5.74, 6) is -1.60. The average Bonchev–Trinajstić information content (AvgIpc) is 2.89. The van der Waals surface area contributed by atoms with E-state index in [1.54, 1.807) is 12.1 Å². The van der Waals surface area contributed by atoms with E-state index in [0.29, 0.717) is 5.69 Å². The lowest BCUT2D eigenvalue weighted by atomic mass is 10.1. The Bertz CT molecular complexity index is 1240. The third kappa shape index (κ3) is 5.91. The first kappa shape index (κ1) is 25.0. The smallest absolute Gasteiger partial charge is 0.339 e. The van der Waals surface area contributed by atoms with Gasteiger partial charge in [0.1, 0.15) is 6.42 Å². The third-order valence-electron chi connectivity index (χ3n) is 5.97. The number of anilines is 1. The van der Waals surface area contributed by atoms with Crippen LogP contribution < -0.4 is 5.32 Å². The fourth-order valence-corrected chi connectivity index (χ4v) is 4.08. The third-order valence-corrected chi connectivity index (χ3v) is 5.97. The maximum Gasteiger partial charge on any atom is 0.417 e. The van der Waals surface area contributed by atoms with Crippen LogP contribution in [0.4, 0.5) is 18.9 Å². The van der Waals surface area contributed by atoms with Gasteiger partial charge in [0.05, 0.1) is 11.1 Å². The molecule has 9 heteroatoms. The fraction of sp³-hybridized carbons (Fsp3) is 0.222. The largest absolute Gasteiger partial charge is 0.417 e. The molecule has 0 unspecified atom stereocenters. The van der Waals surface area contributed by atoms with Crippen LogP contribution in [0.5, 0.6) is 0 Å². The van der Waals surface area contributed by atoms with Gasteiger partial charge in [-0.05, 0) is 35.4 Å². The highest BCUT2D eigenvalue weighted by Gasteiger charge is 2.36. The molecule has 3 amide bonds. The van der Waals surface area contributed by atoms with Gasteiger partial charge in [-0.3, -0.25) is 14.4 Å². The number of halogens is 3. The van der Waals surface area contributed by atoms with E-state index in [2.05, 4.69) is 5.32 Å². The van der Waals surface area contributed by atoms with Gasteiger partial charge in [0.15, 0.2) is 0 Å². The zero-order valence-corrected chi connectivity index (χ0v) is 19.3. The second-order valence-electron chi connectivity index (χ2n) is 8.38. The predicted molar refractivity (Wildman–Crippen MR) is 129 cm³/mol. The molecule has 1 fully saturated rings. The molecule has 4 rings (SSSR count). The molecular formula is C27H24F3N3O3. The maximum atomic E-state index is 13.3. The van der Waals surface area contributed by atoms with Gasteiger partial charge in [0.25, 0.3) is 5.91 Å². The molecule has 36 heavy (non-hydrogen) atoms. The summed E-state index contributed by atoms with van der Waals surface area (Å²) in [7, 11) is 0. The first-order valence-electron chi connectivity index (χ1n) is 11.4. The van der Waals surface area contributed by atoms with Gasteiger partial charge in [-0.15, -0.1) is 0 Å². The summed E-state index contributed by atoms with van der Waals surface area (Å²) in [5, 5.41) is 2.70. The molecule has 1 heterocycles. The quantitative estimate of drug-likeness (QED) is 0.523. The van der Waals surface area contributed by atoms with Gasteiger partial charge in [-0.2, -0.15) is 13.2 Å². The SMILES string of the molecule is O=C(CC(=O)N1CCN(C(=O)c2ccccc2C(F)(F)F)CC1)Nc1ccc(-c2ccccc2)cc1. The molecule has 0 aliphatic carbocycles. The van der Waals surface area contributed by atoms with Gasteiger partial charge >= 0.3 is 6.18 Å².